The van der Waals surface area contributed by atoms with Crippen molar-refractivity contribution in [2.75, 3.05) is 6.54 Å². The fraction of sp³-hybridized carbons (Fsp3) is 0.250. The second-order valence-corrected chi connectivity index (χ2v) is 6.71. The molecule has 0 bridgehead atoms. The van der Waals surface area contributed by atoms with Gasteiger partial charge in [-0.25, -0.2) is 4.39 Å². The quantitative estimate of drug-likeness (QED) is 0.629. The highest BCUT2D eigenvalue weighted by atomic mass is 127. The van der Waals surface area contributed by atoms with E-state index in [2.05, 4.69) is 75.0 Å². The third kappa shape index (κ3) is 4.27. The molecule has 0 spiro atoms. The van der Waals surface area contributed by atoms with Gasteiger partial charge in [0, 0.05) is 14.1 Å². The lowest BCUT2D eigenvalue weighted by Gasteiger charge is -2.19. The first kappa shape index (κ1) is 15.9. The van der Waals surface area contributed by atoms with E-state index in [1.165, 1.54) is 15.2 Å². The van der Waals surface area contributed by atoms with Crippen LogP contribution >= 0.6 is 38.5 Å². The average molecular weight is 448 g/mol. The van der Waals surface area contributed by atoms with Crippen LogP contribution in [0, 0.1) is 9.39 Å². The molecule has 0 aliphatic rings. The molecule has 0 aromatic heterocycles. The van der Waals surface area contributed by atoms with Gasteiger partial charge in [0.25, 0.3) is 0 Å². The third-order valence-electron chi connectivity index (χ3n) is 3.13. The number of hydrogen-bond donors (Lipinski definition) is 1. The van der Waals surface area contributed by atoms with Crippen LogP contribution in [0.3, 0.4) is 0 Å². The van der Waals surface area contributed by atoms with Crippen LogP contribution in [0.1, 0.15) is 24.1 Å². The van der Waals surface area contributed by atoms with Gasteiger partial charge < -0.3 is 5.32 Å². The molecule has 1 atom stereocenters. The van der Waals surface area contributed by atoms with E-state index >= 15 is 0 Å². The summed E-state index contributed by atoms with van der Waals surface area (Å²) in [5.41, 5.74) is 2.21. The molecule has 0 aliphatic carbocycles. The fourth-order valence-corrected chi connectivity index (χ4v) is 3.17. The summed E-state index contributed by atoms with van der Waals surface area (Å²) in [6.07, 6.45) is 0.756. The zero-order chi connectivity index (χ0) is 14.5. The number of nitrogens with one attached hydrogen (secondary N) is 1. The highest BCUT2D eigenvalue weighted by Crippen LogP contribution is 2.25. The Hall–Kier alpha value is -0.460. The molecule has 2 aromatic carbocycles. The Labute approximate surface area is 141 Å². The Kier molecular flexibility index (Phi) is 5.99. The van der Waals surface area contributed by atoms with Crippen molar-refractivity contribution < 1.29 is 4.39 Å². The first-order valence-corrected chi connectivity index (χ1v) is 8.40. The minimum absolute atomic E-state index is 0.188. The molecule has 4 heteroatoms. The smallest absolute Gasteiger partial charge is 0.123 e. The summed E-state index contributed by atoms with van der Waals surface area (Å²) < 4.78 is 15.6. The Morgan fingerprint density at radius 2 is 2.05 bits per heavy atom. The molecule has 1 nitrogen and oxygen atoms in total. The number of hydrogen-bond acceptors (Lipinski definition) is 1. The standard InChI is InChI=1S/C16H16BrFIN/c1-2-20-16(11-4-3-5-14(19)9-11)10-12-8-13(18)6-7-15(12)17/h3-9,16,20H,2,10H2,1H3. The van der Waals surface area contributed by atoms with Crippen molar-refractivity contribution in [3.8, 4) is 0 Å². The highest BCUT2D eigenvalue weighted by molar-refractivity contribution is 14.1. The van der Waals surface area contributed by atoms with E-state index < -0.39 is 0 Å². The van der Waals surface area contributed by atoms with E-state index in [-0.39, 0.29) is 11.9 Å². The van der Waals surface area contributed by atoms with Crippen LogP contribution in [0.2, 0.25) is 0 Å². The molecule has 0 heterocycles. The van der Waals surface area contributed by atoms with Gasteiger partial charge in [0.05, 0.1) is 0 Å². The van der Waals surface area contributed by atoms with Crippen molar-refractivity contribution in [1.82, 2.24) is 5.32 Å². The van der Waals surface area contributed by atoms with Gasteiger partial charge >= 0.3 is 0 Å². The first-order valence-electron chi connectivity index (χ1n) is 6.53. The van der Waals surface area contributed by atoms with Crippen LogP contribution in [0.4, 0.5) is 4.39 Å². The molecule has 0 saturated carbocycles. The van der Waals surface area contributed by atoms with Crippen molar-refractivity contribution in [2.45, 2.75) is 19.4 Å². The lowest BCUT2D eigenvalue weighted by Crippen LogP contribution is -2.23. The van der Waals surface area contributed by atoms with E-state index in [0.717, 1.165) is 23.0 Å². The molecular formula is C16H16BrFIN. The van der Waals surface area contributed by atoms with Crippen LogP contribution in [-0.2, 0) is 6.42 Å². The van der Waals surface area contributed by atoms with E-state index in [4.69, 9.17) is 0 Å². The average Bonchev–Trinajstić information content (AvgIpc) is 2.42. The SMILES string of the molecule is CCNC(Cc1cc(F)ccc1Br)c1cccc(I)c1. The zero-order valence-corrected chi connectivity index (χ0v) is 14.9. The number of likely N-dealkylation sites (N-methyl/N-ethyl adjacent to an activating group) is 1. The maximum Gasteiger partial charge on any atom is 0.123 e. The normalized spacial score (nSPS) is 12.4. The Bertz CT molecular complexity index is 588. The molecule has 0 saturated heterocycles. The Morgan fingerprint density at radius 3 is 2.75 bits per heavy atom. The van der Waals surface area contributed by atoms with Gasteiger partial charge in [-0.2, -0.15) is 0 Å². The van der Waals surface area contributed by atoms with Crippen molar-refractivity contribution in [1.29, 1.82) is 0 Å². The van der Waals surface area contributed by atoms with Gasteiger partial charge in [-0.3, -0.25) is 0 Å². The Morgan fingerprint density at radius 1 is 1.25 bits per heavy atom. The van der Waals surface area contributed by atoms with Crippen molar-refractivity contribution >= 4 is 38.5 Å². The Balaban J connectivity index is 2.27. The predicted molar refractivity (Wildman–Crippen MR) is 93.4 cm³/mol. The lowest BCUT2D eigenvalue weighted by atomic mass is 9.99. The molecule has 2 rings (SSSR count). The van der Waals surface area contributed by atoms with Gasteiger partial charge in [0.2, 0.25) is 0 Å². The topological polar surface area (TPSA) is 12.0 Å². The summed E-state index contributed by atoms with van der Waals surface area (Å²) in [4.78, 5) is 0. The summed E-state index contributed by atoms with van der Waals surface area (Å²) in [6, 6.07) is 13.4. The van der Waals surface area contributed by atoms with E-state index in [0.29, 0.717) is 0 Å². The van der Waals surface area contributed by atoms with Gasteiger partial charge in [-0.05, 0) is 77.0 Å². The van der Waals surface area contributed by atoms with Gasteiger partial charge in [-0.1, -0.05) is 35.0 Å². The lowest BCUT2D eigenvalue weighted by molar-refractivity contribution is 0.545. The van der Waals surface area contributed by atoms with E-state index in [9.17, 15) is 4.39 Å². The van der Waals surface area contributed by atoms with Crippen molar-refractivity contribution in [3.05, 3.63) is 67.5 Å². The fourth-order valence-electron chi connectivity index (χ4n) is 2.20. The van der Waals surface area contributed by atoms with Gasteiger partial charge in [0.15, 0.2) is 0 Å². The molecule has 0 amide bonds. The first-order chi connectivity index (χ1) is 9.60. The molecule has 2 aromatic rings. The van der Waals surface area contributed by atoms with Crippen molar-refractivity contribution in [2.24, 2.45) is 0 Å². The van der Waals surface area contributed by atoms with Crippen molar-refractivity contribution in [3.63, 3.8) is 0 Å². The molecule has 106 valence electrons. The van der Waals surface area contributed by atoms with Crippen LogP contribution in [0.5, 0.6) is 0 Å². The molecule has 0 fully saturated rings. The molecule has 1 N–H and O–H groups in total. The molecule has 20 heavy (non-hydrogen) atoms. The number of benzene rings is 2. The number of halogens is 3. The second-order valence-electron chi connectivity index (χ2n) is 4.61. The monoisotopic (exact) mass is 447 g/mol. The maximum atomic E-state index is 13.4. The van der Waals surface area contributed by atoms with Gasteiger partial charge in [-0.15, -0.1) is 0 Å². The minimum atomic E-state index is -0.193. The summed E-state index contributed by atoms with van der Waals surface area (Å²) in [5.74, 6) is -0.193. The van der Waals surface area contributed by atoms with Crippen LogP contribution in [0.25, 0.3) is 0 Å². The minimum Gasteiger partial charge on any atom is -0.310 e. The van der Waals surface area contributed by atoms with Crippen LogP contribution in [-0.4, -0.2) is 6.54 Å². The van der Waals surface area contributed by atoms with E-state index in [1.807, 2.05) is 0 Å². The third-order valence-corrected chi connectivity index (χ3v) is 4.58. The molecule has 0 radical (unpaired) electrons. The number of rotatable bonds is 5. The second kappa shape index (κ2) is 7.52. The zero-order valence-electron chi connectivity index (χ0n) is 11.2. The summed E-state index contributed by atoms with van der Waals surface area (Å²) >= 11 is 5.81. The van der Waals surface area contributed by atoms with Gasteiger partial charge in [0.1, 0.15) is 5.82 Å². The van der Waals surface area contributed by atoms with Crippen LogP contribution < -0.4 is 5.32 Å². The summed E-state index contributed by atoms with van der Waals surface area (Å²) in [6.45, 7) is 2.96. The largest absolute Gasteiger partial charge is 0.310 e. The highest BCUT2D eigenvalue weighted by Gasteiger charge is 2.13. The summed E-state index contributed by atoms with van der Waals surface area (Å²) in [7, 11) is 0. The summed E-state index contributed by atoms with van der Waals surface area (Å²) in [5, 5.41) is 3.47. The molecular weight excluding hydrogens is 432 g/mol. The predicted octanol–water partition coefficient (Wildman–Crippen LogP) is 5.09. The maximum absolute atomic E-state index is 13.4. The van der Waals surface area contributed by atoms with Crippen LogP contribution in [0.15, 0.2) is 46.9 Å². The molecule has 1 unspecified atom stereocenters. The molecule has 0 aliphatic heterocycles. The van der Waals surface area contributed by atoms with E-state index in [1.54, 1.807) is 12.1 Å².